The number of hydrazone groups is 1. The van der Waals surface area contributed by atoms with E-state index in [-0.39, 0.29) is 0 Å². The van der Waals surface area contributed by atoms with Gasteiger partial charge in [0.1, 0.15) is 5.01 Å². The Morgan fingerprint density at radius 2 is 2.18 bits per heavy atom. The molecule has 4 nitrogen and oxygen atoms in total. The summed E-state index contributed by atoms with van der Waals surface area (Å²) < 4.78 is 1.16. The number of thiazole rings is 1. The van der Waals surface area contributed by atoms with Gasteiger partial charge in [0.05, 0.1) is 15.9 Å². The Hall–Kier alpha value is -1.53. The summed E-state index contributed by atoms with van der Waals surface area (Å²) in [5.41, 5.74) is 4.57. The first-order valence-corrected chi connectivity index (χ1v) is 6.31. The molecule has 1 heterocycles. The normalized spacial score (nSPS) is 11.5. The summed E-state index contributed by atoms with van der Waals surface area (Å²) in [6.45, 7) is 1.91. The summed E-state index contributed by atoms with van der Waals surface area (Å²) in [6, 6.07) is 8.03. The van der Waals surface area contributed by atoms with Gasteiger partial charge >= 0.3 is 0 Å². The molecule has 1 aromatic carbocycles. The van der Waals surface area contributed by atoms with Crippen LogP contribution in [0.4, 0.5) is 0 Å². The van der Waals surface area contributed by atoms with Gasteiger partial charge < -0.3 is 5.32 Å². The Balaban J connectivity index is 2.24. The van der Waals surface area contributed by atoms with Crippen molar-refractivity contribution >= 4 is 44.6 Å². The summed E-state index contributed by atoms with van der Waals surface area (Å²) >= 11 is 6.56. The minimum absolute atomic E-state index is 0.491. The molecule has 0 bridgehead atoms. The smallest absolute Gasteiger partial charge is 0.186 e. The average molecular weight is 264 g/mol. The topological polar surface area (TPSA) is 49.3 Å². The summed E-state index contributed by atoms with van der Waals surface area (Å²) in [4.78, 5) is 4.50. The van der Waals surface area contributed by atoms with Crippen molar-refractivity contribution in [2.45, 2.75) is 6.92 Å². The first kappa shape index (κ1) is 11.9. The SMILES string of the molecule is CNC(=S)N/N=C(/C)c1nc2ccccc2s1. The third kappa shape index (κ3) is 2.78. The Labute approximate surface area is 109 Å². The van der Waals surface area contributed by atoms with E-state index in [1.807, 2.05) is 25.1 Å². The van der Waals surface area contributed by atoms with E-state index in [0.717, 1.165) is 20.9 Å². The number of nitrogens with one attached hydrogen (secondary N) is 2. The highest BCUT2D eigenvalue weighted by Crippen LogP contribution is 2.21. The van der Waals surface area contributed by atoms with Crippen LogP contribution in [0.15, 0.2) is 29.4 Å². The third-order valence-electron chi connectivity index (χ3n) is 2.16. The van der Waals surface area contributed by atoms with Gasteiger partial charge in [-0.2, -0.15) is 5.10 Å². The summed E-state index contributed by atoms with van der Waals surface area (Å²) in [5, 5.41) is 8.36. The molecule has 0 atom stereocenters. The largest absolute Gasteiger partial charge is 0.364 e. The van der Waals surface area contributed by atoms with Crippen LogP contribution in [0.2, 0.25) is 0 Å². The molecular weight excluding hydrogens is 252 g/mol. The van der Waals surface area contributed by atoms with Gasteiger partial charge in [-0.05, 0) is 31.3 Å². The number of hydrogen-bond acceptors (Lipinski definition) is 4. The van der Waals surface area contributed by atoms with Gasteiger partial charge in [-0.1, -0.05) is 12.1 Å². The number of thiocarbonyl (C=S) groups is 1. The fourth-order valence-corrected chi connectivity index (χ4v) is 2.22. The van der Waals surface area contributed by atoms with Crippen LogP contribution in [-0.2, 0) is 0 Å². The first-order valence-electron chi connectivity index (χ1n) is 5.08. The quantitative estimate of drug-likeness (QED) is 0.495. The fraction of sp³-hybridized carbons (Fsp3) is 0.182. The molecule has 0 amide bonds. The number of fused-ring (bicyclic) bond motifs is 1. The zero-order valence-electron chi connectivity index (χ0n) is 9.52. The zero-order chi connectivity index (χ0) is 12.3. The Morgan fingerprint density at radius 3 is 2.88 bits per heavy atom. The number of nitrogens with zero attached hydrogens (tertiary/aromatic N) is 2. The number of benzene rings is 1. The summed E-state index contributed by atoms with van der Waals surface area (Å²) in [6.07, 6.45) is 0. The van der Waals surface area contributed by atoms with E-state index in [4.69, 9.17) is 12.2 Å². The molecule has 2 aromatic rings. The third-order valence-corrected chi connectivity index (χ3v) is 3.60. The first-order chi connectivity index (χ1) is 8.20. The molecule has 0 radical (unpaired) electrons. The van der Waals surface area contributed by atoms with Crippen LogP contribution in [0.25, 0.3) is 10.2 Å². The van der Waals surface area contributed by atoms with Crippen molar-refractivity contribution in [2.75, 3.05) is 7.05 Å². The second-order valence-electron chi connectivity index (χ2n) is 3.37. The second-order valence-corrected chi connectivity index (χ2v) is 4.81. The van der Waals surface area contributed by atoms with Crippen molar-refractivity contribution in [3.05, 3.63) is 29.3 Å². The van der Waals surface area contributed by atoms with E-state index in [1.54, 1.807) is 18.4 Å². The minimum atomic E-state index is 0.491. The molecule has 17 heavy (non-hydrogen) atoms. The monoisotopic (exact) mass is 264 g/mol. The van der Waals surface area contributed by atoms with Crippen LogP contribution >= 0.6 is 23.6 Å². The van der Waals surface area contributed by atoms with Crippen LogP contribution in [0.3, 0.4) is 0 Å². The van der Waals surface area contributed by atoms with E-state index in [9.17, 15) is 0 Å². The lowest BCUT2D eigenvalue weighted by atomic mass is 10.3. The molecule has 0 unspecified atom stereocenters. The lowest BCUT2D eigenvalue weighted by Crippen LogP contribution is -2.29. The van der Waals surface area contributed by atoms with Gasteiger partial charge in [0, 0.05) is 7.05 Å². The van der Waals surface area contributed by atoms with Crippen molar-refractivity contribution in [3.63, 3.8) is 0 Å². The maximum atomic E-state index is 4.94. The van der Waals surface area contributed by atoms with Crippen LogP contribution in [-0.4, -0.2) is 22.9 Å². The molecule has 6 heteroatoms. The molecular formula is C11H12N4S2. The molecule has 0 aliphatic heterocycles. The van der Waals surface area contributed by atoms with Gasteiger partial charge in [-0.15, -0.1) is 11.3 Å². The van der Waals surface area contributed by atoms with E-state index in [0.29, 0.717) is 5.11 Å². The second kappa shape index (κ2) is 5.20. The van der Waals surface area contributed by atoms with E-state index >= 15 is 0 Å². The van der Waals surface area contributed by atoms with Gasteiger partial charge in [-0.3, -0.25) is 5.43 Å². The molecule has 2 N–H and O–H groups in total. The van der Waals surface area contributed by atoms with Gasteiger partial charge in [0.25, 0.3) is 0 Å². The predicted octanol–water partition coefficient (Wildman–Crippen LogP) is 2.11. The molecule has 0 saturated carbocycles. The number of rotatable bonds is 2. The van der Waals surface area contributed by atoms with Gasteiger partial charge in [0.2, 0.25) is 0 Å². The molecule has 0 spiro atoms. The maximum absolute atomic E-state index is 4.94. The summed E-state index contributed by atoms with van der Waals surface area (Å²) in [5.74, 6) is 0. The molecule has 0 fully saturated rings. The lowest BCUT2D eigenvalue weighted by molar-refractivity contribution is 0.973. The predicted molar refractivity (Wildman–Crippen MR) is 76.6 cm³/mol. The Morgan fingerprint density at radius 1 is 1.41 bits per heavy atom. The highest BCUT2D eigenvalue weighted by atomic mass is 32.1. The van der Waals surface area contributed by atoms with Crippen molar-refractivity contribution < 1.29 is 0 Å². The highest BCUT2D eigenvalue weighted by molar-refractivity contribution is 7.80. The van der Waals surface area contributed by atoms with Crippen molar-refractivity contribution in [2.24, 2.45) is 5.10 Å². The molecule has 88 valence electrons. The van der Waals surface area contributed by atoms with Crippen LogP contribution in [0.5, 0.6) is 0 Å². The van der Waals surface area contributed by atoms with E-state index < -0.39 is 0 Å². The molecule has 0 aliphatic rings. The lowest BCUT2D eigenvalue weighted by Gasteiger charge is -2.01. The average Bonchev–Trinajstić information content (AvgIpc) is 2.79. The summed E-state index contributed by atoms with van der Waals surface area (Å²) in [7, 11) is 1.75. The van der Waals surface area contributed by atoms with E-state index in [1.165, 1.54) is 0 Å². The molecule has 0 saturated heterocycles. The van der Waals surface area contributed by atoms with Crippen molar-refractivity contribution in [1.82, 2.24) is 15.7 Å². The standard InChI is InChI=1S/C11H12N4S2/c1-7(14-15-11(16)12-2)10-13-8-5-3-4-6-9(8)17-10/h3-6H,1-2H3,(H2,12,15,16)/b14-7-. The maximum Gasteiger partial charge on any atom is 0.186 e. The van der Waals surface area contributed by atoms with Gasteiger partial charge in [0.15, 0.2) is 5.11 Å². The zero-order valence-corrected chi connectivity index (χ0v) is 11.2. The Kier molecular flexibility index (Phi) is 3.65. The van der Waals surface area contributed by atoms with Crippen LogP contribution < -0.4 is 10.7 Å². The molecule has 2 rings (SSSR count). The minimum Gasteiger partial charge on any atom is -0.364 e. The number of aromatic nitrogens is 1. The van der Waals surface area contributed by atoms with Crippen molar-refractivity contribution in [1.29, 1.82) is 0 Å². The number of para-hydroxylation sites is 1. The van der Waals surface area contributed by atoms with Crippen molar-refractivity contribution in [3.8, 4) is 0 Å². The van der Waals surface area contributed by atoms with Crippen LogP contribution in [0, 0.1) is 0 Å². The molecule has 1 aromatic heterocycles. The van der Waals surface area contributed by atoms with E-state index in [2.05, 4.69) is 26.9 Å². The Bertz CT molecular complexity index is 541. The number of hydrogen-bond donors (Lipinski definition) is 2. The van der Waals surface area contributed by atoms with Crippen LogP contribution in [0.1, 0.15) is 11.9 Å². The highest BCUT2D eigenvalue weighted by Gasteiger charge is 2.05. The molecule has 0 aliphatic carbocycles. The van der Waals surface area contributed by atoms with Gasteiger partial charge in [-0.25, -0.2) is 4.98 Å². The fourth-order valence-electron chi connectivity index (χ4n) is 1.27.